The maximum atomic E-state index is 14.8. The summed E-state index contributed by atoms with van der Waals surface area (Å²) < 4.78 is 26.4. The molecule has 4 nitrogen and oxygen atoms in total. The fraction of sp³-hybridized carbons (Fsp3) is 0.323. The fourth-order valence-corrected chi connectivity index (χ4v) is 6.12. The van der Waals surface area contributed by atoms with Gasteiger partial charge in [-0.15, -0.1) is 0 Å². The fourth-order valence-electron chi connectivity index (χ4n) is 6.12. The van der Waals surface area contributed by atoms with E-state index in [1.807, 2.05) is 24.3 Å². The summed E-state index contributed by atoms with van der Waals surface area (Å²) in [4.78, 5) is 11.6. The summed E-state index contributed by atoms with van der Waals surface area (Å²) in [6.45, 7) is 0.384. The molecule has 3 aromatic rings. The van der Waals surface area contributed by atoms with Crippen molar-refractivity contribution in [2.45, 2.75) is 50.5 Å². The van der Waals surface area contributed by atoms with Crippen molar-refractivity contribution in [1.29, 1.82) is 0 Å². The van der Waals surface area contributed by atoms with Crippen molar-refractivity contribution >= 4 is 11.5 Å². The average Bonchev–Trinajstić information content (AvgIpc) is 3.20. The number of aryl methyl sites for hydroxylation is 1. The van der Waals surface area contributed by atoms with E-state index < -0.39 is 5.97 Å². The summed E-state index contributed by atoms with van der Waals surface area (Å²) in [5.41, 5.74) is 6.86. The van der Waals surface area contributed by atoms with E-state index in [1.54, 1.807) is 19.2 Å². The van der Waals surface area contributed by atoms with Crippen LogP contribution in [-0.2, 0) is 23.2 Å². The Bertz CT molecular complexity index is 1390. The number of methoxy groups -OCH3 is 1. The quantitative estimate of drug-likeness (QED) is 0.395. The van der Waals surface area contributed by atoms with Gasteiger partial charge in [0.2, 0.25) is 0 Å². The minimum Gasteiger partial charge on any atom is -0.497 e. The first-order valence-corrected chi connectivity index (χ1v) is 12.6. The van der Waals surface area contributed by atoms with Crippen LogP contribution in [0.1, 0.15) is 54.4 Å². The van der Waals surface area contributed by atoms with Gasteiger partial charge in [0.1, 0.15) is 23.9 Å². The Morgan fingerprint density at radius 1 is 1.03 bits per heavy atom. The zero-order valence-corrected chi connectivity index (χ0v) is 20.4. The Balaban J connectivity index is 1.28. The molecule has 0 heterocycles. The van der Waals surface area contributed by atoms with E-state index in [0.29, 0.717) is 17.9 Å². The number of rotatable bonds is 7. The summed E-state index contributed by atoms with van der Waals surface area (Å²) in [7, 11) is 1.59. The van der Waals surface area contributed by atoms with Gasteiger partial charge in [-0.1, -0.05) is 24.3 Å². The van der Waals surface area contributed by atoms with Crippen molar-refractivity contribution in [3.8, 4) is 22.6 Å². The summed E-state index contributed by atoms with van der Waals surface area (Å²) in [5, 5.41) is 9.53. The van der Waals surface area contributed by atoms with Crippen molar-refractivity contribution in [2.24, 2.45) is 5.92 Å². The van der Waals surface area contributed by atoms with Gasteiger partial charge in [-0.05, 0) is 108 Å². The van der Waals surface area contributed by atoms with E-state index >= 15 is 0 Å². The molecule has 36 heavy (non-hydrogen) atoms. The minimum atomic E-state index is -0.699. The van der Waals surface area contributed by atoms with Gasteiger partial charge >= 0.3 is 5.97 Å². The summed E-state index contributed by atoms with van der Waals surface area (Å²) in [6, 6.07) is 17.0. The van der Waals surface area contributed by atoms with E-state index in [1.165, 1.54) is 17.2 Å². The van der Waals surface area contributed by atoms with Crippen LogP contribution in [0.15, 0.2) is 60.7 Å². The molecule has 3 aromatic carbocycles. The predicted octanol–water partition coefficient (Wildman–Crippen LogP) is 6.94. The van der Waals surface area contributed by atoms with E-state index in [2.05, 4.69) is 18.2 Å². The zero-order chi connectivity index (χ0) is 24.9. The molecule has 0 saturated heterocycles. The van der Waals surface area contributed by atoms with Crippen LogP contribution in [0.2, 0.25) is 0 Å². The second-order valence-electron chi connectivity index (χ2n) is 10.2. The number of ether oxygens (including phenoxy) is 2. The molecule has 3 aliphatic rings. The Kier molecular flexibility index (Phi) is 5.59. The lowest BCUT2D eigenvalue weighted by atomic mass is 9.92. The number of benzene rings is 3. The first-order chi connectivity index (χ1) is 17.5. The molecule has 1 fully saturated rings. The van der Waals surface area contributed by atoms with Gasteiger partial charge in [0.15, 0.2) is 0 Å². The highest BCUT2D eigenvalue weighted by molar-refractivity contribution is 5.83. The Morgan fingerprint density at radius 3 is 2.64 bits per heavy atom. The van der Waals surface area contributed by atoms with Crippen molar-refractivity contribution in [3.63, 3.8) is 0 Å². The largest absolute Gasteiger partial charge is 0.497 e. The maximum Gasteiger partial charge on any atom is 0.307 e. The lowest BCUT2D eigenvalue weighted by Crippen LogP contribution is -2.11. The molecule has 0 amide bonds. The lowest BCUT2D eigenvalue weighted by Gasteiger charge is -2.16. The standard InChI is InChI=1S/C31H29FO4/c1-35-22-9-11-29(32)26(15-22)24-10-6-19(14-25(24)20-4-2-3-5-20)18-36-23-8-7-21-12-13-31(27(21)16-23)17-28(31)30(33)34/h4,6-11,14-16,28H,2-3,5,12-13,17-18H2,1H3,(H,33,34)/t28-,31-/m0/s1. The van der Waals surface area contributed by atoms with Crippen molar-refractivity contribution in [3.05, 3.63) is 88.7 Å². The highest BCUT2D eigenvalue weighted by atomic mass is 19.1. The molecule has 0 radical (unpaired) electrons. The molecule has 2 atom stereocenters. The third-order valence-electron chi connectivity index (χ3n) is 8.17. The molecule has 184 valence electrons. The highest BCUT2D eigenvalue weighted by Crippen LogP contribution is 2.62. The van der Waals surface area contributed by atoms with Gasteiger partial charge in [-0.2, -0.15) is 0 Å². The molecule has 0 aromatic heterocycles. The van der Waals surface area contributed by atoms with E-state index in [0.717, 1.165) is 66.5 Å². The van der Waals surface area contributed by atoms with Crippen LogP contribution < -0.4 is 9.47 Å². The topological polar surface area (TPSA) is 55.8 Å². The van der Waals surface area contributed by atoms with Crippen molar-refractivity contribution in [2.75, 3.05) is 7.11 Å². The third-order valence-corrected chi connectivity index (χ3v) is 8.17. The number of allylic oxidation sites excluding steroid dienone is 2. The van der Waals surface area contributed by atoms with E-state index in [9.17, 15) is 14.3 Å². The third kappa shape index (κ3) is 3.87. The predicted molar refractivity (Wildman–Crippen MR) is 137 cm³/mol. The lowest BCUT2D eigenvalue weighted by molar-refractivity contribution is -0.139. The molecule has 0 unspecified atom stereocenters. The SMILES string of the molecule is COc1ccc(F)c(-c2ccc(COc3ccc4c(c3)[C@]3(CC4)C[C@H]3C(=O)O)cc2C2=CCCC2)c1. The highest BCUT2D eigenvalue weighted by Gasteiger charge is 2.61. The van der Waals surface area contributed by atoms with Gasteiger partial charge in [-0.25, -0.2) is 4.39 Å². The monoisotopic (exact) mass is 484 g/mol. The van der Waals surface area contributed by atoms with Crippen LogP contribution in [0.3, 0.4) is 0 Å². The number of hydrogen-bond acceptors (Lipinski definition) is 3. The summed E-state index contributed by atoms with van der Waals surface area (Å²) >= 11 is 0. The van der Waals surface area contributed by atoms with Crippen LogP contribution in [0, 0.1) is 11.7 Å². The van der Waals surface area contributed by atoms with Gasteiger partial charge in [0.05, 0.1) is 13.0 Å². The van der Waals surface area contributed by atoms with Crippen LogP contribution in [0.25, 0.3) is 16.7 Å². The van der Waals surface area contributed by atoms with Crippen molar-refractivity contribution in [1.82, 2.24) is 0 Å². The second-order valence-corrected chi connectivity index (χ2v) is 10.2. The normalized spacial score (nSPS) is 21.8. The number of aliphatic carboxylic acids is 1. The second kappa shape index (κ2) is 8.81. The molecule has 3 aliphatic carbocycles. The van der Waals surface area contributed by atoms with Crippen LogP contribution in [-0.4, -0.2) is 18.2 Å². The Morgan fingerprint density at radius 2 is 1.89 bits per heavy atom. The molecule has 1 spiro atoms. The zero-order valence-electron chi connectivity index (χ0n) is 20.4. The molecule has 0 bridgehead atoms. The number of carboxylic acids is 1. The molecule has 6 rings (SSSR count). The van der Waals surface area contributed by atoms with Gasteiger partial charge in [-0.3, -0.25) is 4.79 Å². The number of carbonyl (C=O) groups is 1. The van der Waals surface area contributed by atoms with Crippen LogP contribution >= 0.6 is 0 Å². The molecule has 1 saturated carbocycles. The van der Waals surface area contributed by atoms with Crippen molar-refractivity contribution < 1.29 is 23.8 Å². The maximum absolute atomic E-state index is 14.8. The average molecular weight is 485 g/mol. The molecule has 5 heteroatoms. The number of hydrogen-bond donors (Lipinski definition) is 1. The number of carboxylic acid groups (broad SMARTS) is 1. The number of fused-ring (bicyclic) bond motifs is 2. The molecular weight excluding hydrogens is 455 g/mol. The summed E-state index contributed by atoms with van der Waals surface area (Å²) in [6.07, 6.45) is 7.91. The Hall–Kier alpha value is -3.60. The Labute approximate surface area is 210 Å². The molecule has 0 aliphatic heterocycles. The van der Waals surface area contributed by atoms with Crippen LogP contribution in [0.5, 0.6) is 11.5 Å². The number of halogens is 1. The van der Waals surface area contributed by atoms with Gasteiger partial charge < -0.3 is 14.6 Å². The van der Waals surface area contributed by atoms with Gasteiger partial charge in [0, 0.05) is 11.0 Å². The van der Waals surface area contributed by atoms with E-state index in [-0.39, 0.29) is 17.2 Å². The summed E-state index contributed by atoms with van der Waals surface area (Å²) in [5.74, 6) is 0.138. The smallest absolute Gasteiger partial charge is 0.307 e. The van der Waals surface area contributed by atoms with Gasteiger partial charge in [0.25, 0.3) is 0 Å². The van der Waals surface area contributed by atoms with E-state index in [4.69, 9.17) is 9.47 Å². The van der Waals surface area contributed by atoms with Crippen LogP contribution in [0.4, 0.5) is 4.39 Å². The minimum absolute atomic E-state index is 0.203. The first-order valence-electron chi connectivity index (χ1n) is 12.6. The molecular formula is C31H29FO4. The first kappa shape index (κ1) is 22.8. The molecule has 1 N–H and O–H groups in total.